The lowest BCUT2D eigenvalue weighted by Crippen LogP contribution is -2.53. The summed E-state index contributed by atoms with van der Waals surface area (Å²) in [5.41, 5.74) is 2.12. The van der Waals surface area contributed by atoms with Gasteiger partial charge in [-0.25, -0.2) is 4.79 Å². The number of benzene rings is 1. The van der Waals surface area contributed by atoms with Crippen LogP contribution in [0.25, 0.3) is 0 Å². The molecule has 7 heteroatoms. The van der Waals surface area contributed by atoms with Crippen molar-refractivity contribution in [2.75, 3.05) is 19.0 Å². The average molecular weight is 367 g/mol. The molecule has 1 aromatic rings. The van der Waals surface area contributed by atoms with Crippen molar-refractivity contribution in [3.05, 3.63) is 65.6 Å². The van der Waals surface area contributed by atoms with Crippen LogP contribution in [0.4, 0.5) is 10.5 Å². The van der Waals surface area contributed by atoms with Gasteiger partial charge in [-0.1, -0.05) is 18.2 Å². The third kappa shape index (κ3) is 3.36. The van der Waals surface area contributed by atoms with Crippen molar-refractivity contribution in [2.45, 2.75) is 19.4 Å². The smallest absolute Gasteiger partial charge is 0.333 e. The van der Waals surface area contributed by atoms with Gasteiger partial charge in [0.05, 0.1) is 0 Å². The van der Waals surface area contributed by atoms with Gasteiger partial charge in [0.2, 0.25) is 0 Å². The van der Waals surface area contributed by atoms with Gasteiger partial charge in [-0.05, 0) is 43.2 Å². The minimum atomic E-state index is -0.742. The minimum Gasteiger partial charge on any atom is -0.508 e. The zero-order chi connectivity index (χ0) is 19.7. The summed E-state index contributed by atoms with van der Waals surface area (Å²) in [5.74, 6) is -1.73. The molecular formula is C20H21N3O4. The second-order valence-electron chi connectivity index (χ2n) is 6.59. The minimum absolute atomic E-state index is 0.251. The number of para-hydroxylation sites is 1. The highest BCUT2D eigenvalue weighted by Crippen LogP contribution is 2.31. The Hall–Kier alpha value is -3.35. The number of barbiturate groups is 1. The van der Waals surface area contributed by atoms with E-state index in [9.17, 15) is 19.5 Å². The van der Waals surface area contributed by atoms with Gasteiger partial charge in [-0.2, -0.15) is 0 Å². The summed E-state index contributed by atoms with van der Waals surface area (Å²) in [6, 6.07) is 7.70. The van der Waals surface area contributed by atoms with Crippen molar-refractivity contribution in [2.24, 2.45) is 0 Å². The van der Waals surface area contributed by atoms with E-state index in [4.69, 9.17) is 0 Å². The van der Waals surface area contributed by atoms with Crippen LogP contribution >= 0.6 is 0 Å². The molecule has 0 radical (unpaired) electrons. The molecule has 1 atom stereocenters. The van der Waals surface area contributed by atoms with Gasteiger partial charge in [-0.3, -0.25) is 19.4 Å². The fourth-order valence-corrected chi connectivity index (χ4v) is 3.22. The van der Waals surface area contributed by atoms with Crippen molar-refractivity contribution >= 4 is 23.5 Å². The van der Waals surface area contributed by atoms with Crippen LogP contribution in [0.15, 0.2) is 60.0 Å². The molecule has 140 valence electrons. The molecule has 1 fully saturated rings. The quantitative estimate of drug-likeness (QED) is 0.384. The number of urea groups is 1. The highest BCUT2D eigenvalue weighted by Gasteiger charge is 2.37. The molecule has 2 heterocycles. The number of aliphatic hydroxyl groups is 1. The highest BCUT2D eigenvalue weighted by atomic mass is 16.3. The highest BCUT2D eigenvalue weighted by molar-refractivity contribution is 6.28. The number of anilines is 1. The van der Waals surface area contributed by atoms with Gasteiger partial charge in [-0.15, -0.1) is 0 Å². The molecule has 1 unspecified atom stereocenters. The van der Waals surface area contributed by atoms with Crippen LogP contribution in [0.1, 0.15) is 12.5 Å². The number of fused-ring (bicyclic) bond motifs is 1. The van der Waals surface area contributed by atoms with E-state index in [2.05, 4.69) is 17.9 Å². The second-order valence-corrected chi connectivity index (χ2v) is 6.59. The second kappa shape index (κ2) is 7.11. The molecule has 2 aliphatic rings. The Labute approximate surface area is 157 Å². The number of amides is 4. The van der Waals surface area contributed by atoms with Crippen LogP contribution in [-0.4, -0.2) is 52.9 Å². The first kappa shape index (κ1) is 18.4. The van der Waals surface area contributed by atoms with Crippen molar-refractivity contribution in [3.63, 3.8) is 0 Å². The number of rotatable bonds is 3. The lowest BCUT2D eigenvalue weighted by Gasteiger charge is -2.28. The number of aliphatic hydroxyl groups excluding tert-OH is 1. The van der Waals surface area contributed by atoms with E-state index in [0.717, 1.165) is 28.0 Å². The van der Waals surface area contributed by atoms with Crippen molar-refractivity contribution in [1.29, 1.82) is 0 Å². The number of hydrogen-bond acceptors (Lipinski definition) is 5. The Morgan fingerprint density at radius 2 is 1.74 bits per heavy atom. The fraction of sp³-hybridized carbons (Fsp3) is 0.250. The van der Waals surface area contributed by atoms with Crippen LogP contribution in [0.2, 0.25) is 0 Å². The SMILES string of the molecule is CC1Cc2ccccc2N1/C=C/C=C(\O)C=C1C(=O)N(C)C(=O)N(C)C1=O. The topological polar surface area (TPSA) is 81.2 Å². The molecular weight excluding hydrogens is 346 g/mol. The molecule has 0 aliphatic carbocycles. The van der Waals surface area contributed by atoms with Crippen LogP contribution in [-0.2, 0) is 16.0 Å². The van der Waals surface area contributed by atoms with Gasteiger partial charge in [0.25, 0.3) is 11.8 Å². The van der Waals surface area contributed by atoms with E-state index in [1.54, 1.807) is 6.08 Å². The number of likely N-dealkylation sites (N-methyl/N-ethyl adjacent to an activating group) is 2. The molecule has 1 N–H and O–H groups in total. The summed E-state index contributed by atoms with van der Waals surface area (Å²) in [6.45, 7) is 2.11. The van der Waals surface area contributed by atoms with E-state index in [1.165, 1.54) is 25.7 Å². The average Bonchev–Trinajstić information content (AvgIpc) is 2.97. The van der Waals surface area contributed by atoms with Gasteiger partial charge in [0.1, 0.15) is 11.3 Å². The Bertz CT molecular complexity index is 874. The summed E-state index contributed by atoms with van der Waals surface area (Å²) in [5, 5.41) is 10.1. The van der Waals surface area contributed by atoms with Gasteiger partial charge in [0, 0.05) is 32.0 Å². The van der Waals surface area contributed by atoms with Crippen molar-refractivity contribution in [1.82, 2.24) is 9.80 Å². The normalized spacial score (nSPS) is 20.8. The molecule has 3 rings (SSSR count). The molecule has 27 heavy (non-hydrogen) atoms. The zero-order valence-corrected chi connectivity index (χ0v) is 15.4. The van der Waals surface area contributed by atoms with Gasteiger partial charge in [0.15, 0.2) is 0 Å². The molecule has 4 amide bonds. The predicted octanol–water partition coefficient (Wildman–Crippen LogP) is 2.37. The van der Waals surface area contributed by atoms with E-state index < -0.39 is 17.8 Å². The third-order valence-corrected chi connectivity index (χ3v) is 4.71. The number of carbonyl (C=O) groups excluding carboxylic acids is 3. The maximum Gasteiger partial charge on any atom is 0.333 e. The van der Waals surface area contributed by atoms with E-state index in [0.29, 0.717) is 6.04 Å². The van der Waals surface area contributed by atoms with Crippen LogP contribution in [0.3, 0.4) is 0 Å². The fourth-order valence-electron chi connectivity index (χ4n) is 3.22. The monoisotopic (exact) mass is 367 g/mol. The number of imide groups is 2. The predicted molar refractivity (Wildman–Crippen MR) is 101 cm³/mol. The van der Waals surface area contributed by atoms with E-state index >= 15 is 0 Å². The molecule has 0 saturated carbocycles. The number of nitrogens with zero attached hydrogens (tertiary/aromatic N) is 3. The first-order valence-electron chi connectivity index (χ1n) is 8.56. The maximum absolute atomic E-state index is 12.1. The van der Waals surface area contributed by atoms with Crippen LogP contribution in [0.5, 0.6) is 0 Å². The lowest BCUT2D eigenvalue weighted by molar-refractivity contribution is -0.134. The molecule has 0 spiro atoms. The molecule has 2 aliphatic heterocycles. The number of hydrogen-bond donors (Lipinski definition) is 1. The summed E-state index contributed by atoms with van der Waals surface area (Å²) >= 11 is 0. The summed E-state index contributed by atoms with van der Waals surface area (Å²) in [4.78, 5) is 39.7. The zero-order valence-electron chi connectivity index (χ0n) is 15.4. The Kier molecular flexibility index (Phi) is 4.85. The molecule has 0 aromatic heterocycles. The lowest BCUT2D eigenvalue weighted by atomic mass is 10.1. The van der Waals surface area contributed by atoms with Crippen LogP contribution in [0, 0.1) is 0 Å². The maximum atomic E-state index is 12.1. The molecule has 1 saturated heterocycles. The molecule has 7 nitrogen and oxygen atoms in total. The summed E-state index contributed by atoms with van der Waals surface area (Å²) in [7, 11) is 2.57. The van der Waals surface area contributed by atoms with Gasteiger partial charge < -0.3 is 10.0 Å². The summed E-state index contributed by atoms with van der Waals surface area (Å²) in [6.07, 6.45) is 6.92. The Morgan fingerprint density at radius 1 is 1.11 bits per heavy atom. The Balaban J connectivity index is 1.79. The largest absolute Gasteiger partial charge is 0.508 e. The third-order valence-electron chi connectivity index (χ3n) is 4.71. The van der Waals surface area contributed by atoms with E-state index in [-0.39, 0.29) is 11.3 Å². The van der Waals surface area contributed by atoms with Gasteiger partial charge >= 0.3 is 6.03 Å². The number of carbonyl (C=O) groups is 3. The Morgan fingerprint density at radius 3 is 2.41 bits per heavy atom. The van der Waals surface area contributed by atoms with Crippen molar-refractivity contribution in [3.8, 4) is 0 Å². The standard InChI is InChI=1S/C20H21N3O4/c1-13-11-14-7-4-5-9-17(14)23(13)10-6-8-15(24)12-16-18(25)21(2)20(27)22(3)19(16)26/h4-10,12-13,24H,11H2,1-3H3/b10-6+,15-8-. The molecule has 0 bridgehead atoms. The van der Waals surface area contributed by atoms with Crippen molar-refractivity contribution < 1.29 is 19.5 Å². The summed E-state index contributed by atoms with van der Waals surface area (Å²) < 4.78 is 0. The van der Waals surface area contributed by atoms with Crippen LogP contribution < -0.4 is 4.90 Å². The van der Waals surface area contributed by atoms with E-state index in [1.807, 2.05) is 24.4 Å². The number of allylic oxidation sites excluding steroid dienone is 3. The first-order chi connectivity index (χ1) is 12.8. The first-order valence-corrected chi connectivity index (χ1v) is 8.56. The molecule has 1 aromatic carbocycles.